The predicted molar refractivity (Wildman–Crippen MR) is 95.1 cm³/mol. The topological polar surface area (TPSA) is 89.5 Å². The molecule has 0 unspecified atom stereocenters. The highest BCUT2D eigenvalue weighted by Crippen LogP contribution is 2.23. The van der Waals surface area contributed by atoms with E-state index in [2.05, 4.69) is 20.3 Å². The molecule has 2 aromatic rings. The van der Waals surface area contributed by atoms with E-state index < -0.39 is 0 Å². The molecule has 4 rings (SSSR count). The quantitative estimate of drug-likeness (QED) is 0.791. The third-order valence-electron chi connectivity index (χ3n) is 4.66. The van der Waals surface area contributed by atoms with Gasteiger partial charge in [-0.05, 0) is 13.0 Å². The van der Waals surface area contributed by atoms with Gasteiger partial charge in [-0.2, -0.15) is 4.98 Å². The Balaban J connectivity index is 1.41. The molecule has 0 spiro atoms. The van der Waals surface area contributed by atoms with Gasteiger partial charge in [-0.3, -0.25) is 9.78 Å². The molecule has 2 aliphatic rings. The molecule has 2 fully saturated rings. The predicted octanol–water partition coefficient (Wildman–Crippen LogP) is 0.894. The first-order chi connectivity index (χ1) is 12.7. The molecule has 1 amide bonds. The van der Waals surface area contributed by atoms with E-state index in [1.807, 2.05) is 4.90 Å². The molecule has 9 heteroatoms. The first kappa shape index (κ1) is 17.4. The lowest BCUT2D eigenvalue weighted by molar-refractivity contribution is -0.143. The number of carbonyl (C=O) groups is 1. The largest absolute Gasteiger partial charge is 0.473 e. The fraction of sp³-hybridized carbons (Fsp3) is 0.529. The molecule has 4 heterocycles. The summed E-state index contributed by atoms with van der Waals surface area (Å²) in [5, 5.41) is 3.53. The van der Waals surface area contributed by atoms with Gasteiger partial charge in [0.2, 0.25) is 11.8 Å². The molecule has 2 aliphatic heterocycles. The molecule has 0 bridgehead atoms. The van der Waals surface area contributed by atoms with Crippen molar-refractivity contribution in [3.05, 3.63) is 23.6 Å². The number of nitrogens with one attached hydrogen (secondary N) is 1. The summed E-state index contributed by atoms with van der Waals surface area (Å²) >= 11 is 6.03. The zero-order chi connectivity index (χ0) is 17.9. The number of hydrogen-bond donors (Lipinski definition) is 1. The first-order valence-electron chi connectivity index (χ1n) is 8.72. The van der Waals surface area contributed by atoms with Crippen molar-refractivity contribution < 1.29 is 14.3 Å². The van der Waals surface area contributed by atoms with Gasteiger partial charge in [0.15, 0.2) is 5.52 Å². The third-order valence-corrected chi connectivity index (χ3v) is 4.85. The Bertz CT molecular complexity index is 799. The molecule has 138 valence electrons. The van der Waals surface area contributed by atoms with E-state index in [9.17, 15) is 4.79 Å². The molecule has 0 aliphatic carbocycles. The number of aromatic nitrogens is 3. The minimum absolute atomic E-state index is 0.0727. The van der Waals surface area contributed by atoms with Crippen molar-refractivity contribution in [2.75, 3.05) is 39.4 Å². The summed E-state index contributed by atoms with van der Waals surface area (Å²) in [5.74, 6) is 0.594. The Kier molecular flexibility index (Phi) is 5.14. The van der Waals surface area contributed by atoms with E-state index in [4.69, 9.17) is 21.1 Å². The number of rotatable bonds is 4. The van der Waals surface area contributed by atoms with Crippen LogP contribution in [-0.2, 0) is 9.53 Å². The Morgan fingerprint density at radius 1 is 1.42 bits per heavy atom. The van der Waals surface area contributed by atoms with Gasteiger partial charge in [-0.25, -0.2) is 4.98 Å². The standard InChI is InChI=1S/C17H20ClN5O3/c18-14-7-13-15(21-4-3-20-13)16(22-14)26-10-12-9-23(5-6-25-12)17(24)11-1-2-19-8-11/h3-4,7,11-12,19H,1-2,5-6,8-10H2/t11-,12-/m0/s1. The highest BCUT2D eigenvalue weighted by Gasteiger charge is 2.31. The second kappa shape index (κ2) is 7.69. The van der Waals surface area contributed by atoms with Crippen LogP contribution in [0.5, 0.6) is 5.88 Å². The number of hydrogen-bond acceptors (Lipinski definition) is 7. The van der Waals surface area contributed by atoms with E-state index in [1.54, 1.807) is 18.5 Å². The first-order valence-corrected chi connectivity index (χ1v) is 9.09. The van der Waals surface area contributed by atoms with Crippen LogP contribution in [0, 0.1) is 5.92 Å². The molecule has 2 aromatic heterocycles. The molecular formula is C17H20ClN5O3. The zero-order valence-corrected chi connectivity index (χ0v) is 15.0. The van der Waals surface area contributed by atoms with Crippen molar-refractivity contribution in [1.82, 2.24) is 25.2 Å². The fourth-order valence-corrected chi connectivity index (χ4v) is 3.51. The lowest BCUT2D eigenvalue weighted by Gasteiger charge is -2.34. The van der Waals surface area contributed by atoms with E-state index in [1.165, 1.54) is 0 Å². The maximum Gasteiger partial charge on any atom is 0.243 e. The number of pyridine rings is 1. The number of fused-ring (bicyclic) bond motifs is 1. The zero-order valence-electron chi connectivity index (χ0n) is 14.2. The van der Waals surface area contributed by atoms with Gasteiger partial charge in [0.1, 0.15) is 17.9 Å². The summed E-state index contributed by atoms with van der Waals surface area (Å²) in [6, 6.07) is 1.64. The van der Waals surface area contributed by atoms with Crippen LogP contribution in [0.15, 0.2) is 18.5 Å². The monoisotopic (exact) mass is 377 g/mol. The Morgan fingerprint density at radius 2 is 2.31 bits per heavy atom. The summed E-state index contributed by atoms with van der Waals surface area (Å²) in [6.45, 7) is 3.57. The summed E-state index contributed by atoms with van der Waals surface area (Å²) in [5.41, 5.74) is 1.18. The van der Waals surface area contributed by atoms with Gasteiger partial charge >= 0.3 is 0 Å². The SMILES string of the molecule is O=C([C@H]1CCNC1)N1CCO[C@H](COc2nc(Cl)cc3nccnc23)C1. The molecule has 26 heavy (non-hydrogen) atoms. The number of carbonyl (C=O) groups excluding carboxylic acids is 1. The smallest absolute Gasteiger partial charge is 0.243 e. The average molecular weight is 378 g/mol. The number of morpholine rings is 1. The van der Waals surface area contributed by atoms with Gasteiger partial charge in [-0.1, -0.05) is 11.6 Å². The number of nitrogens with zero attached hydrogens (tertiary/aromatic N) is 4. The van der Waals surface area contributed by atoms with E-state index in [0.29, 0.717) is 41.8 Å². The van der Waals surface area contributed by atoms with Gasteiger partial charge in [0.25, 0.3) is 0 Å². The highest BCUT2D eigenvalue weighted by molar-refractivity contribution is 6.30. The molecule has 0 radical (unpaired) electrons. The lowest BCUT2D eigenvalue weighted by atomic mass is 10.1. The Morgan fingerprint density at radius 3 is 3.15 bits per heavy atom. The van der Waals surface area contributed by atoms with Crippen molar-refractivity contribution >= 4 is 28.5 Å². The number of amides is 1. The lowest BCUT2D eigenvalue weighted by Crippen LogP contribution is -2.49. The molecular weight excluding hydrogens is 358 g/mol. The molecule has 2 atom stereocenters. The third kappa shape index (κ3) is 3.72. The summed E-state index contributed by atoms with van der Waals surface area (Å²) in [7, 11) is 0. The fourth-order valence-electron chi connectivity index (χ4n) is 3.33. The maximum absolute atomic E-state index is 12.6. The van der Waals surface area contributed by atoms with E-state index in [0.717, 1.165) is 19.5 Å². The minimum Gasteiger partial charge on any atom is -0.473 e. The van der Waals surface area contributed by atoms with Crippen LogP contribution in [0.4, 0.5) is 0 Å². The van der Waals surface area contributed by atoms with Crippen molar-refractivity contribution in [2.24, 2.45) is 5.92 Å². The van der Waals surface area contributed by atoms with Crippen LogP contribution in [0.2, 0.25) is 5.15 Å². The van der Waals surface area contributed by atoms with Gasteiger partial charge in [0.05, 0.1) is 24.6 Å². The van der Waals surface area contributed by atoms with Crippen LogP contribution in [0.3, 0.4) is 0 Å². The summed E-state index contributed by atoms with van der Waals surface area (Å²) < 4.78 is 11.6. The van der Waals surface area contributed by atoms with Crippen LogP contribution in [-0.4, -0.2) is 71.3 Å². The van der Waals surface area contributed by atoms with Crippen molar-refractivity contribution in [3.63, 3.8) is 0 Å². The summed E-state index contributed by atoms with van der Waals surface area (Å²) in [6.07, 6.45) is 3.86. The van der Waals surface area contributed by atoms with Crippen LogP contribution >= 0.6 is 11.6 Å². The van der Waals surface area contributed by atoms with Gasteiger partial charge in [-0.15, -0.1) is 0 Å². The molecule has 0 aromatic carbocycles. The van der Waals surface area contributed by atoms with Crippen LogP contribution < -0.4 is 10.1 Å². The van der Waals surface area contributed by atoms with Crippen molar-refractivity contribution in [2.45, 2.75) is 12.5 Å². The maximum atomic E-state index is 12.6. The van der Waals surface area contributed by atoms with Crippen molar-refractivity contribution in [3.8, 4) is 5.88 Å². The van der Waals surface area contributed by atoms with Crippen LogP contribution in [0.25, 0.3) is 11.0 Å². The van der Waals surface area contributed by atoms with Crippen LogP contribution in [0.1, 0.15) is 6.42 Å². The van der Waals surface area contributed by atoms with Gasteiger partial charge < -0.3 is 19.7 Å². The normalized spacial score (nSPS) is 23.3. The average Bonchev–Trinajstić information content (AvgIpc) is 3.20. The number of ether oxygens (including phenoxy) is 2. The summed E-state index contributed by atoms with van der Waals surface area (Å²) in [4.78, 5) is 27.1. The molecule has 2 saturated heterocycles. The molecule has 8 nitrogen and oxygen atoms in total. The molecule has 0 saturated carbocycles. The second-order valence-electron chi connectivity index (χ2n) is 6.45. The van der Waals surface area contributed by atoms with Crippen molar-refractivity contribution in [1.29, 1.82) is 0 Å². The molecule has 1 N–H and O–H groups in total. The Hall–Kier alpha value is -2.03. The number of halogens is 1. The van der Waals surface area contributed by atoms with Gasteiger partial charge in [0, 0.05) is 31.5 Å². The highest BCUT2D eigenvalue weighted by atomic mass is 35.5. The Labute approximate surface area is 155 Å². The second-order valence-corrected chi connectivity index (χ2v) is 6.84. The van der Waals surface area contributed by atoms with E-state index >= 15 is 0 Å². The van der Waals surface area contributed by atoms with E-state index in [-0.39, 0.29) is 24.5 Å². The minimum atomic E-state index is -0.213.